The van der Waals surface area contributed by atoms with E-state index in [2.05, 4.69) is 5.32 Å². The van der Waals surface area contributed by atoms with Gasteiger partial charge in [-0.15, -0.1) is 12.4 Å². The van der Waals surface area contributed by atoms with Gasteiger partial charge in [-0.05, 0) is 12.5 Å². The molecule has 0 spiro atoms. The zero-order chi connectivity index (χ0) is 10.6. The molecule has 1 rings (SSSR count). The van der Waals surface area contributed by atoms with Crippen LogP contribution < -0.4 is 5.32 Å². The third kappa shape index (κ3) is 5.64. The zero-order valence-corrected chi connectivity index (χ0v) is 9.03. The van der Waals surface area contributed by atoms with Crippen LogP contribution in [0.25, 0.3) is 0 Å². The molecule has 1 atom stereocenters. The SMILES string of the molecule is C[C@H](NCC(F)(F)F)c1ccccc1.Cl. The monoisotopic (exact) mass is 239 g/mol. The molecule has 0 saturated heterocycles. The van der Waals surface area contributed by atoms with E-state index in [-0.39, 0.29) is 18.4 Å². The molecule has 0 aliphatic carbocycles. The Morgan fingerprint density at radius 3 is 2.20 bits per heavy atom. The molecule has 0 bridgehead atoms. The summed E-state index contributed by atoms with van der Waals surface area (Å²) in [6, 6.07) is 8.77. The van der Waals surface area contributed by atoms with Gasteiger partial charge in [0.2, 0.25) is 0 Å². The van der Waals surface area contributed by atoms with Crippen LogP contribution in [0.1, 0.15) is 18.5 Å². The first-order chi connectivity index (χ1) is 6.49. The fourth-order valence-electron chi connectivity index (χ4n) is 1.13. The van der Waals surface area contributed by atoms with Gasteiger partial charge in [-0.3, -0.25) is 0 Å². The van der Waals surface area contributed by atoms with Crippen molar-refractivity contribution in [2.45, 2.75) is 19.1 Å². The highest BCUT2D eigenvalue weighted by Crippen LogP contribution is 2.16. The summed E-state index contributed by atoms with van der Waals surface area (Å²) in [4.78, 5) is 0. The van der Waals surface area contributed by atoms with Crippen LogP contribution in [0.5, 0.6) is 0 Å². The van der Waals surface area contributed by atoms with Crippen molar-refractivity contribution in [2.75, 3.05) is 6.54 Å². The van der Waals surface area contributed by atoms with Gasteiger partial charge < -0.3 is 5.32 Å². The quantitative estimate of drug-likeness (QED) is 0.853. The molecular formula is C10H13ClF3N. The van der Waals surface area contributed by atoms with Crippen molar-refractivity contribution >= 4 is 12.4 Å². The third-order valence-electron chi connectivity index (χ3n) is 1.91. The standard InChI is InChI=1S/C10H12F3N.ClH/c1-8(14-7-10(11,12)13)9-5-3-2-4-6-9;/h2-6,8,14H,7H2,1H3;1H/t8-;/m0./s1. The van der Waals surface area contributed by atoms with E-state index in [0.717, 1.165) is 5.56 Å². The van der Waals surface area contributed by atoms with E-state index in [9.17, 15) is 13.2 Å². The molecule has 0 radical (unpaired) electrons. The van der Waals surface area contributed by atoms with E-state index in [1.165, 1.54) is 0 Å². The summed E-state index contributed by atoms with van der Waals surface area (Å²) in [6.07, 6.45) is -4.15. The van der Waals surface area contributed by atoms with Crippen molar-refractivity contribution in [3.05, 3.63) is 35.9 Å². The summed E-state index contributed by atoms with van der Waals surface area (Å²) in [5.74, 6) is 0. The molecule has 0 heterocycles. The summed E-state index contributed by atoms with van der Waals surface area (Å²) in [7, 11) is 0. The Morgan fingerprint density at radius 1 is 1.20 bits per heavy atom. The van der Waals surface area contributed by atoms with Crippen molar-refractivity contribution in [1.29, 1.82) is 0 Å². The lowest BCUT2D eigenvalue weighted by molar-refractivity contribution is -0.126. The number of rotatable bonds is 3. The van der Waals surface area contributed by atoms with E-state index in [4.69, 9.17) is 0 Å². The van der Waals surface area contributed by atoms with Crippen LogP contribution >= 0.6 is 12.4 Å². The predicted molar refractivity (Wildman–Crippen MR) is 56.2 cm³/mol. The number of hydrogen-bond acceptors (Lipinski definition) is 1. The van der Waals surface area contributed by atoms with Crippen molar-refractivity contribution < 1.29 is 13.2 Å². The van der Waals surface area contributed by atoms with E-state index in [0.29, 0.717) is 0 Å². The number of alkyl halides is 3. The summed E-state index contributed by atoms with van der Waals surface area (Å²) in [5.41, 5.74) is 0.858. The average molecular weight is 240 g/mol. The van der Waals surface area contributed by atoms with Crippen LogP contribution in [0, 0.1) is 0 Å². The highest BCUT2D eigenvalue weighted by molar-refractivity contribution is 5.85. The Morgan fingerprint density at radius 2 is 1.73 bits per heavy atom. The van der Waals surface area contributed by atoms with Crippen molar-refractivity contribution in [2.24, 2.45) is 0 Å². The van der Waals surface area contributed by atoms with Crippen LogP contribution in [-0.4, -0.2) is 12.7 Å². The summed E-state index contributed by atoms with van der Waals surface area (Å²) in [6.45, 7) is 0.754. The lowest BCUT2D eigenvalue weighted by Crippen LogP contribution is -2.30. The Labute approximate surface area is 93.1 Å². The second-order valence-corrected chi connectivity index (χ2v) is 3.13. The molecule has 0 fully saturated rings. The normalized spacial score (nSPS) is 13.1. The maximum Gasteiger partial charge on any atom is 0.401 e. The molecule has 0 unspecified atom stereocenters. The minimum absolute atomic E-state index is 0. The third-order valence-corrected chi connectivity index (χ3v) is 1.91. The van der Waals surface area contributed by atoms with E-state index >= 15 is 0 Å². The van der Waals surface area contributed by atoms with E-state index in [1.807, 2.05) is 6.07 Å². The van der Waals surface area contributed by atoms with Crippen LogP contribution in [0.15, 0.2) is 30.3 Å². The van der Waals surface area contributed by atoms with E-state index < -0.39 is 12.7 Å². The summed E-state index contributed by atoms with van der Waals surface area (Å²) < 4.78 is 35.6. The Bertz CT molecular complexity index is 274. The molecule has 1 aromatic carbocycles. The maximum atomic E-state index is 11.9. The smallest absolute Gasteiger partial charge is 0.302 e. The van der Waals surface area contributed by atoms with Gasteiger partial charge in [0, 0.05) is 6.04 Å². The van der Waals surface area contributed by atoms with Gasteiger partial charge in [0.05, 0.1) is 6.54 Å². The number of benzene rings is 1. The zero-order valence-electron chi connectivity index (χ0n) is 8.21. The molecule has 0 aliphatic rings. The van der Waals surface area contributed by atoms with Crippen molar-refractivity contribution in [3.63, 3.8) is 0 Å². The molecule has 1 aromatic rings. The lowest BCUT2D eigenvalue weighted by Gasteiger charge is -2.15. The topological polar surface area (TPSA) is 12.0 Å². The van der Waals surface area contributed by atoms with Gasteiger partial charge in [-0.25, -0.2) is 0 Å². The summed E-state index contributed by atoms with van der Waals surface area (Å²) >= 11 is 0. The van der Waals surface area contributed by atoms with Crippen LogP contribution in [-0.2, 0) is 0 Å². The summed E-state index contributed by atoms with van der Waals surface area (Å²) in [5, 5.41) is 2.41. The first-order valence-electron chi connectivity index (χ1n) is 4.34. The molecule has 0 amide bonds. The van der Waals surface area contributed by atoms with Crippen LogP contribution in [0.4, 0.5) is 13.2 Å². The highest BCUT2D eigenvalue weighted by Gasteiger charge is 2.27. The second kappa shape index (κ2) is 5.98. The maximum absolute atomic E-state index is 11.9. The molecule has 1 N–H and O–H groups in total. The molecule has 1 nitrogen and oxygen atoms in total. The van der Waals surface area contributed by atoms with Gasteiger partial charge in [0.25, 0.3) is 0 Å². The Kier molecular flexibility index (Phi) is 5.68. The van der Waals surface area contributed by atoms with Gasteiger partial charge in [-0.1, -0.05) is 30.3 Å². The number of hydrogen-bond donors (Lipinski definition) is 1. The molecule has 0 aromatic heterocycles. The Hall–Kier alpha value is -0.740. The van der Waals surface area contributed by atoms with Gasteiger partial charge in [-0.2, -0.15) is 13.2 Å². The van der Waals surface area contributed by atoms with Gasteiger partial charge in [0.15, 0.2) is 0 Å². The Balaban J connectivity index is 0.00000196. The number of halogens is 4. The molecular weight excluding hydrogens is 227 g/mol. The molecule has 0 aliphatic heterocycles. The molecule has 86 valence electrons. The molecule has 5 heteroatoms. The largest absolute Gasteiger partial charge is 0.401 e. The van der Waals surface area contributed by atoms with E-state index in [1.54, 1.807) is 31.2 Å². The minimum Gasteiger partial charge on any atom is -0.302 e. The average Bonchev–Trinajstić information content (AvgIpc) is 2.14. The lowest BCUT2D eigenvalue weighted by atomic mass is 10.1. The predicted octanol–water partition coefficient (Wildman–Crippen LogP) is 3.32. The second-order valence-electron chi connectivity index (χ2n) is 3.13. The van der Waals surface area contributed by atoms with Gasteiger partial charge >= 0.3 is 6.18 Å². The number of nitrogens with one attached hydrogen (secondary N) is 1. The highest BCUT2D eigenvalue weighted by atomic mass is 35.5. The molecule has 15 heavy (non-hydrogen) atoms. The first kappa shape index (κ1) is 14.3. The fourth-order valence-corrected chi connectivity index (χ4v) is 1.13. The fraction of sp³-hybridized carbons (Fsp3) is 0.400. The van der Waals surface area contributed by atoms with Crippen LogP contribution in [0.3, 0.4) is 0 Å². The first-order valence-corrected chi connectivity index (χ1v) is 4.34. The van der Waals surface area contributed by atoms with Gasteiger partial charge in [0.1, 0.15) is 0 Å². The van der Waals surface area contributed by atoms with Crippen molar-refractivity contribution in [3.8, 4) is 0 Å². The molecule has 0 saturated carbocycles. The van der Waals surface area contributed by atoms with Crippen LogP contribution in [0.2, 0.25) is 0 Å². The van der Waals surface area contributed by atoms with Crippen molar-refractivity contribution in [1.82, 2.24) is 5.32 Å². The minimum atomic E-state index is -4.15.